The maximum Gasteiger partial charge on any atom is 0.306 e. The Morgan fingerprint density at radius 1 is 1.28 bits per heavy atom. The molecule has 18 heavy (non-hydrogen) atoms. The molecule has 1 fully saturated rings. The largest absolute Gasteiger partial charge is 0.461 e. The van der Waals surface area contributed by atoms with Crippen LogP contribution in [0.1, 0.15) is 37.7 Å². The number of ether oxygens (including phenoxy) is 1. The van der Waals surface area contributed by atoms with E-state index in [0.717, 1.165) is 31.2 Å². The first kappa shape index (κ1) is 13.1. The van der Waals surface area contributed by atoms with Crippen LogP contribution < -0.4 is 5.73 Å². The Bertz CT molecular complexity index is 377. The molecule has 3 nitrogen and oxygen atoms in total. The first-order valence-corrected chi connectivity index (χ1v) is 6.69. The molecule has 2 N–H and O–H groups in total. The normalized spacial score (nSPS) is 23.6. The second kappa shape index (κ2) is 6.55. The molecule has 1 aliphatic rings. The molecule has 0 spiro atoms. The van der Waals surface area contributed by atoms with E-state index >= 15 is 0 Å². The fraction of sp³-hybridized carbons (Fsp3) is 0.533. The minimum absolute atomic E-state index is 0.0991. The molecule has 1 aliphatic carbocycles. The highest BCUT2D eigenvalue weighted by molar-refractivity contribution is 5.69. The Hall–Kier alpha value is -1.35. The van der Waals surface area contributed by atoms with Crippen LogP contribution >= 0.6 is 0 Å². The van der Waals surface area contributed by atoms with Crippen molar-refractivity contribution in [3.63, 3.8) is 0 Å². The molecule has 1 aromatic carbocycles. The van der Waals surface area contributed by atoms with Gasteiger partial charge in [0, 0.05) is 12.5 Å². The van der Waals surface area contributed by atoms with Crippen molar-refractivity contribution in [2.24, 2.45) is 11.7 Å². The Labute approximate surface area is 108 Å². The number of carbonyl (C=O) groups excluding carboxylic acids is 1. The van der Waals surface area contributed by atoms with E-state index in [1.165, 1.54) is 0 Å². The van der Waals surface area contributed by atoms with Crippen molar-refractivity contribution in [2.45, 2.75) is 44.8 Å². The SMILES string of the molecule is N[C@@H]1CCC[C@H](CC(=O)OCc2ccccc2)C1. The van der Waals surface area contributed by atoms with Crippen LogP contribution in [0.15, 0.2) is 30.3 Å². The molecule has 0 unspecified atom stereocenters. The summed E-state index contributed by atoms with van der Waals surface area (Å²) in [6.07, 6.45) is 4.81. The van der Waals surface area contributed by atoms with Gasteiger partial charge in [-0.15, -0.1) is 0 Å². The van der Waals surface area contributed by atoms with Gasteiger partial charge in [0.2, 0.25) is 0 Å². The maximum atomic E-state index is 11.7. The maximum absolute atomic E-state index is 11.7. The number of hydrogen-bond donors (Lipinski definition) is 1. The van der Waals surface area contributed by atoms with Crippen LogP contribution in [0.4, 0.5) is 0 Å². The van der Waals surface area contributed by atoms with E-state index < -0.39 is 0 Å². The highest BCUT2D eigenvalue weighted by Gasteiger charge is 2.22. The zero-order valence-electron chi connectivity index (χ0n) is 10.7. The Morgan fingerprint density at radius 2 is 2.06 bits per heavy atom. The van der Waals surface area contributed by atoms with E-state index in [1.807, 2.05) is 30.3 Å². The van der Waals surface area contributed by atoms with E-state index in [1.54, 1.807) is 0 Å². The van der Waals surface area contributed by atoms with Gasteiger partial charge in [0.15, 0.2) is 0 Å². The van der Waals surface area contributed by atoms with Gasteiger partial charge in [-0.25, -0.2) is 0 Å². The average Bonchev–Trinajstić information content (AvgIpc) is 2.38. The summed E-state index contributed by atoms with van der Waals surface area (Å²) in [5.41, 5.74) is 6.95. The third kappa shape index (κ3) is 4.15. The van der Waals surface area contributed by atoms with E-state index in [9.17, 15) is 4.79 Å². The summed E-state index contributed by atoms with van der Waals surface area (Å²) in [6, 6.07) is 10.0. The molecular formula is C15H21NO2. The second-order valence-electron chi connectivity index (χ2n) is 5.14. The van der Waals surface area contributed by atoms with Gasteiger partial charge in [-0.05, 0) is 30.7 Å². The zero-order valence-corrected chi connectivity index (χ0v) is 10.7. The first-order valence-electron chi connectivity index (χ1n) is 6.69. The highest BCUT2D eigenvalue weighted by atomic mass is 16.5. The molecule has 98 valence electrons. The fourth-order valence-electron chi connectivity index (χ4n) is 2.55. The average molecular weight is 247 g/mol. The highest BCUT2D eigenvalue weighted by Crippen LogP contribution is 2.26. The topological polar surface area (TPSA) is 52.3 Å². The summed E-state index contributed by atoms with van der Waals surface area (Å²) in [5.74, 6) is 0.315. The molecule has 2 rings (SSSR count). The molecule has 1 saturated carbocycles. The predicted molar refractivity (Wildman–Crippen MR) is 70.8 cm³/mol. The Morgan fingerprint density at radius 3 is 2.78 bits per heavy atom. The van der Waals surface area contributed by atoms with Gasteiger partial charge in [0.25, 0.3) is 0 Å². The lowest BCUT2D eigenvalue weighted by Crippen LogP contribution is -2.29. The number of hydrogen-bond acceptors (Lipinski definition) is 3. The number of rotatable bonds is 4. The monoisotopic (exact) mass is 247 g/mol. The molecule has 3 heteroatoms. The van der Waals surface area contributed by atoms with E-state index in [-0.39, 0.29) is 12.0 Å². The molecule has 0 heterocycles. The molecule has 0 aromatic heterocycles. The van der Waals surface area contributed by atoms with Gasteiger partial charge in [-0.1, -0.05) is 36.8 Å². The lowest BCUT2D eigenvalue weighted by atomic mass is 9.84. The quantitative estimate of drug-likeness (QED) is 0.832. The van der Waals surface area contributed by atoms with Crippen molar-refractivity contribution in [1.82, 2.24) is 0 Å². The molecular weight excluding hydrogens is 226 g/mol. The Kier molecular flexibility index (Phi) is 4.76. The van der Waals surface area contributed by atoms with Crippen molar-refractivity contribution in [1.29, 1.82) is 0 Å². The van der Waals surface area contributed by atoms with Crippen LogP contribution in [0.5, 0.6) is 0 Å². The standard InChI is InChI=1S/C15H21NO2/c16-14-8-4-7-13(9-14)10-15(17)18-11-12-5-2-1-3-6-12/h1-3,5-6,13-14H,4,7-11,16H2/t13-,14+/m0/s1. The van der Waals surface area contributed by atoms with Gasteiger partial charge >= 0.3 is 5.97 Å². The van der Waals surface area contributed by atoms with Crippen LogP contribution in [-0.4, -0.2) is 12.0 Å². The van der Waals surface area contributed by atoms with Crippen LogP contribution in [0, 0.1) is 5.92 Å². The zero-order chi connectivity index (χ0) is 12.8. The second-order valence-corrected chi connectivity index (χ2v) is 5.14. The third-order valence-electron chi connectivity index (χ3n) is 3.52. The summed E-state index contributed by atoms with van der Waals surface area (Å²) in [4.78, 5) is 11.7. The summed E-state index contributed by atoms with van der Waals surface area (Å²) in [5, 5.41) is 0. The smallest absolute Gasteiger partial charge is 0.306 e. The van der Waals surface area contributed by atoms with Crippen molar-refractivity contribution in [3.8, 4) is 0 Å². The van der Waals surface area contributed by atoms with Gasteiger partial charge in [-0.3, -0.25) is 4.79 Å². The molecule has 0 radical (unpaired) electrons. The van der Waals surface area contributed by atoms with Crippen molar-refractivity contribution < 1.29 is 9.53 Å². The number of carbonyl (C=O) groups is 1. The van der Waals surface area contributed by atoms with E-state index in [4.69, 9.17) is 10.5 Å². The summed E-state index contributed by atoms with van der Waals surface area (Å²) < 4.78 is 5.29. The lowest BCUT2D eigenvalue weighted by Gasteiger charge is -2.25. The predicted octanol–water partition coefficient (Wildman–Crippen LogP) is 2.64. The summed E-state index contributed by atoms with van der Waals surface area (Å²) in [7, 11) is 0. The molecule has 0 saturated heterocycles. The van der Waals surface area contributed by atoms with Gasteiger partial charge < -0.3 is 10.5 Å². The first-order chi connectivity index (χ1) is 8.74. The fourth-order valence-corrected chi connectivity index (χ4v) is 2.55. The number of benzene rings is 1. The molecule has 1 aromatic rings. The minimum Gasteiger partial charge on any atom is -0.461 e. The van der Waals surface area contributed by atoms with Crippen molar-refractivity contribution in [2.75, 3.05) is 0 Å². The molecule has 0 aliphatic heterocycles. The van der Waals surface area contributed by atoms with Crippen LogP contribution in [0.2, 0.25) is 0 Å². The summed E-state index contributed by atoms with van der Waals surface area (Å²) >= 11 is 0. The van der Waals surface area contributed by atoms with E-state index in [2.05, 4.69) is 0 Å². The molecule has 2 atom stereocenters. The van der Waals surface area contributed by atoms with Gasteiger partial charge in [0.05, 0.1) is 0 Å². The molecule has 0 bridgehead atoms. The third-order valence-corrected chi connectivity index (χ3v) is 3.52. The van der Waals surface area contributed by atoms with Crippen LogP contribution in [-0.2, 0) is 16.1 Å². The summed E-state index contributed by atoms with van der Waals surface area (Å²) in [6.45, 7) is 0.373. The van der Waals surface area contributed by atoms with Gasteiger partial charge in [0.1, 0.15) is 6.61 Å². The van der Waals surface area contributed by atoms with Gasteiger partial charge in [-0.2, -0.15) is 0 Å². The Balaban J connectivity index is 1.72. The number of nitrogens with two attached hydrogens (primary N) is 1. The van der Waals surface area contributed by atoms with Crippen LogP contribution in [0.25, 0.3) is 0 Å². The van der Waals surface area contributed by atoms with E-state index in [0.29, 0.717) is 18.9 Å². The van der Waals surface area contributed by atoms with Crippen LogP contribution in [0.3, 0.4) is 0 Å². The van der Waals surface area contributed by atoms with Crippen molar-refractivity contribution >= 4 is 5.97 Å². The lowest BCUT2D eigenvalue weighted by molar-refractivity contribution is -0.146. The minimum atomic E-state index is -0.0991. The van der Waals surface area contributed by atoms with Crippen molar-refractivity contribution in [3.05, 3.63) is 35.9 Å². The number of esters is 1. The molecule has 0 amide bonds.